The molecule has 1 fully saturated rings. The number of hydrogen-bond acceptors (Lipinski definition) is 3. The Morgan fingerprint density at radius 3 is 2.48 bits per heavy atom. The van der Waals surface area contributed by atoms with Gasteiger partial charge in [-0.05, 0) is 55.4 Å². The van der Waals surface area contributed by atoms with Crippen molar-refractivity contribution in [2.24, 2.45) is 11.8 Å². The van der Waals surface area contributed by atoms with Gasteiger partial charge in [0.1, 0.15) is 0 Å². The Morgan fingerprint density at radius 1 is 1.19 bits per heavy atom. The fraction of sp³-hybridized carbons (Fsp3) is 0.625. The van der Waals surface area contributed by atoms with Gasteiger partial charge in [-0.15, -0.1) is 0 Å². The summed E-state index contributed by atoms with van der Waals surface area (Å²) < 4.78 is 27.3. The number of hydrogen-bond donors (Lipinski definition) is 2. The van der Waals surface area contributed by atoms with Crippen LogP contribution in [0.4, 0.5) is 5.69 Å². The highest BCUT2D eigenvalue weighted by Crippen LogP contribution is 2.29. The van der Waals surface area contributed by atoms with E-state index < -0.39 is 10.0 Å². The second kappa shape index (κ2) is 7.27. The molecule has 0 aromatic heterocycles. The van der Waals surface area contributed by atoms with Gasteiger partial charge in [-0.3, -0.25) is 0 Å². The molecule has 0 aliphatic heterocycles. The summed E-state index contributed by atoms with van der Waals surface area (Å²) in [5.74, 6) is 1.21. The molecule has 1 aliphatic carbocycles. The molecule has 0 bridgehead atoms. The second-order valence-electron chi connectivity index (χ2n) is 6.09. The van der Waals surface area contributed by atoms with Crippen molar-refractivity contribution >= 4 is 15.7 Å². The quantitative estimate of drug-likeness (QED) is 0.813. The van der Waals surface area contributed by atoms with Crippen LogP contribution in [0.1, 0.15) is 39.5 Å². The van der Waals surface area contributed by atoms with Crippen LogP contribution in [0.3, 0.4) is 0 Å². The number of rotatable bonds is 7. The fourth-order valence-corrected chi connectivity index (χ4v) is 3.96. The maximum atomic E-state index is 12.3. The minimum Gasteiger partial charge on any atom is -0.385 e. The van der Waals surface area contributed by atoms with Crippen LogP contribution in [0.2, 0.25) is 0 Å². The Kier molecular flexibility index (Phi) is 5.65. The van der Waals surface area contributed by atoms with Crippen LogP contribution in [0.5, 0.6) is 0 Å². The molecule has 4 nitrogen and oxygen atoms in total. The summed E-state index contributed by atoms with van der Waals surface area (Å²) in [6, 6.07) is 6.97. The third-order valence-corrected chi connectivity index (χ3v) is 5.55. The smallest absolute Gasteiger partial charge is 0.240 e. The van der Waals surface area contributed by atoms with Gasteiger partial charge in [-0.2, -0.15) is 0 Å². The molecule has 5 heteroatoms. The Bertz CT molecular complexity index is 540. The lowest BCUT2D eigenvalue weighted by molar-refractivity contribution is 0.498. The van der Waals surface area contributed by atoms with Gasteiger partial charge in [0.2, 0.25) is 10.0 Å². The normalized spacial score (nSPS) is 22.4. The summed E-state index contributed by atoms with van der Waals surface area (Å²) in [5, 5.41) is 3.24. The average Bonchev–Trinajstić information content (AvgIpc) is 2.89. The maximum Gasteiger partial charge on any atom is 0.240 e. The van der Waals surface area contributed by atoms with Gasteiger partial charge < -0.3 is 5.32 Å². The highest BCUT2D eigenvalue weighted by Gasteiger charge is 2.23. The Balaban J connectivity index is 1.92. The van der Waals surface area contributed by atoms with Gasteiger partial charge in [0.15, 0.2) is 0 Å². The van der Waals surface area contributed by atoms with E-state index in [0.29, 0.717) is 17.4 Å². The molecule has 2 atom stereocenters. The summed E-state index contributed by atoms with van der Waals surface area (Å²) >= 11 is 0. The zero-order valence-corrected chi connectivity index (χ0v) is 13.7. The van der Waals surface area contributed by atoms with E-state index in [9.17, 15) is 8.42 Å². The third-order valence-electron chi connectivity index (χ3n) is 4.11. The summed E-state index contributed by atoms with van der Waals surface area (Å²) in [5.41, 5.74) is 0.959. The lowest BCUT2D eigenvalue weighted by Gasteiger charge is -2.12. The summed E-state index contributed by atoms with van der Waals surface area (Å²) in [6.45, 7) is 5.78. The monoisotopic (exact) mass is 310 g/mol. The molecule has 2 N–H and O–H groups in total. The van der Waals surface area contributed by atoms with Crippen molar-refractivity contribution in [1.82, 2.24) is 4.72 Å². The lowest BCUT2D eigenvalue weighted by Crippen LogP contribution is -2.28. The summed E-state index contributed by atoms with van der Waals surface area (Å²) in [4.78, 5) is 0.343. The van der Waals surface area contributed by atoms with Crippen LogP contribution in [-0.2, 0) is 10.0 Å². The molecule has 1 aliphatic rings. The highest BCUT2D eigenvalue weighted by atomic mass is 32.2. The van der Waals surface area contributed by atoms with Crippen LogP contribution < -0.4 is 10.0 Å². The zero-order chi connectivity index (χ0) is 15.3. The number of nitrogens with one attached hydrogen (secondary N) is 2. The molecule has 0 radical (unpaired) electrons. The summed E-state index contributed by atoms with van der Waals surface area (Å²) in [7, 11) is -3.38. The molecule has 21 heavy (non-hydrogen) atoms. The van der Waals surface area contributed by atoms with Crippen LogP contribution in [0.25, 0.3) is 0 Å². The molecule has 2 rings (SSSR count). The predicted molar refractivity (Wildman–Crippen MR) is 86.9 cm³/mol. The number of sulfonamides is 1. The number of anilines is 1. The van der Waals surface area contributed by atoms with Crippen molar-refractivity contribution in [3.63, 3.8) is 0 Å². The van der Waals surface area contributed by atoms with Gasteiger partial charge in [-0.1, -0.05) is 20.3 Å². The first kappa shape index (κ1) is 16.3. The van der Waals surface area contributed by atoms with E-state index in [2.05, 4.69) is 23.9 Å². The third kappa shape index (κ3) is 4.71. The van der Waals surface area contributed by atoms with Gasteiger partial charge in [0.25, 0.3) is 0 Å². The van der Waals surface area contributed by atoms with Gasteiger partial charge >= 0.3 is 0 Å². The predicted octanol–water partition coefficient (Wildman–Crippen LogP) is 3.22. The highest BCUT2D eigenvalue weighted by molar-refractivity contribution is 7.89. The van der Waals surface area contributed by atoms with E-state index in [1.54, 1.807) is 12.1 Å². The van der Waals surface area contributed by atoms with Gasteiger partial charge in [-0.25, -0.2) is 13.1 Å². The standard InChI is InChI=1S/C16H26N2O2S/c1-3-10-17-15-6-8-16(9-7-15)21(19,20)18-12-14-5-4-13(2)11-14/h6-9,13-14,17-18H,3-5,10-12H2,1-2H3. The van der Waals surface area contributed by atoms with Crippen molar-refractivity contribution in [2.45, 2.75) is 44.4 Å². The minimum atomic E-state index is -3.38. The van der Waals surface area contributed by atoms with Crippen LogP contribution in [-0.4, -0.2) is 21.5 Å². The fourth-order valence-electron chi connectivity index (χ4n) is 2.84. The van der Waals surface area contributed by atoms with Crippen molar-refractivity contribution in [3.8, 4) is 0 Å². The molecular formula is C16H26N2O2S. The van der Waals surface area contributed by atoms with Crippen molar-refractivity contribution < 1.29 is 8.42 Å². The first-order chi connectivity index (χ1) is 10.0. The molecule has 118 valence electrons. The minimum absolute atomic E-state index is 0.343. The molecule has 0 spiro atoms. The SMILES string of the molecule is CCCNc1ccc(S(=O)(=O)NCC2CCC(C)C2)cc1. The van der Waals surface area contributed by atoms with Crippen molar-refractivity contribution in [2.75, 3.05) is 18.4 Å². The Labute approximate surface area is 128 Å². The van der Waals surface area contributed by atoms with E-state index >= 15 is 0 Å². The van der Waals surface area contributed by atoms with Gasteiger partial charge in [0.05, 0.1) is 4.90 Å². The molecule has 1 aromatic rings. The molecular weight excluding hydrogens is 284 g/mol. The van der Waals surface area contributed by atoms with Crippen LogP contribution >= 0.6 is 0 Å². The molecule has 0 amide bonds. The maximum absolute atomic E-state index is 12.3. The average molecular weight is 310 g/mol. The molecule has 2 unspecified atom stereocenters. The molecule has 1 aromatic carbocycles. The second-order valence-corrected chi connectivity index (χ2v) is 7.85. The van der Waals surface area contributed by atoms with Crippen molar-refractivity contribution in [3.05, 3.63) is 24.3 Å². The first-order valence-corrected chi connectivity index (χ1v) is 9.33. The number of benzene rings is 1. The molecule has 1 saturated carbocycles. The lowest BCUT2D eigenvalue weighted by atomic mass is 10.1. The topological polar surface area (TPSA) is 58.2 Å². The molecule has 0 saturated heterocycles. The van der Waals surface area contributed by atoms with E-state index in [1.165, 1.54) is 6.42 Å². The van der Waals surface area contributed by atoms with E-state index in [-0.39, 0.29) is 0 Å². The van der Waals surface area contributed by atoms with Crippen LogP contribution in [0, 0.1) is 11.8 Å². The van der Waals surface area contributed by atoms with E-state index in [1.807, 2.05) is 12.1 Å². The summed E-state index contributed by atoms with van der Waals surface area (Å²) in [6.07, 6.45) is 4.51. The van der Waals surface area contributed by atoms with E-state index in [0.717, 1.165) is 37.4 Å². The largest absolute Gasteiger partial charge is 0.385 e. The van der Waals surface area contributed by atoms with Crippen LogP contribution in [0.15, 0.2) is 29.2 Å². The first-order valence-electron chi connectivity index (χ1n) is 7.85. The zero-order valence-electron chi connectivity index (χ0n) is 12.9. The Hall–Kier alpha value is -1.07. The van der Waals surface area contributed by atoms with Crippen molar-refractivity contribution in [1.29, 1.82) is 0 Å². The Morgan fingerprint density at radius 2 is 1.90 bits per heavy atom. The molecule has 0 heterocycles. The van der Waals surface area contributed by atoms with E-state index in [4.69, 9.17) is 0 Å². The van der Waals surface area contributed by atoms with Gasteiger partial charge in [0, 0.05) is 18.8 Å².